The van der Waals surface area contributed by atoms with Crippen molar-refractivity contribution in [1.29, 1.82) is 0 Å². The number of hydrogen-bond donors (Lipinski definition) is 0. The minimum Gasteiger partial charge on any atom is -0.297 e. The molecular formula is C15H29NO. The van der Waals surface area contributed by atoms with Crippen LogP contribution >= 0.6 is 0 Å². The molecule has 1 aliphatic carbocycles. The predicted molar refractivity (Wildman–Crippen MR) is 73.1 cm³/mol. The maximum absolute atomic E-state index is 12.6. The lowest BCUT2D eigenvalue weighted by atomic mass is 9.74. The van der Waals surface area contributed by atoms with Crippen molar-refractivity contribution in [2.24, 2.45) is 11.8 Å². The van der Waals surface area contributed by atoms with Crippen molar-refractivity contribution in [3.05, 3.63) is 0 Å². The third kappa shape index (κ3) is 3.09. The molecule has 17 heavy (non-hydrogen) atoms. The molecule has 1 rings (SSSR count). The van der Waals surface area contributed by atoms with E-state index in [1.165, 1.54) is 19.3 Å². The molecule has 1 saturated carbocycles. The highest BCUT2D eigenvalue weighted by Gasteiger charge is 2.39. The minimum absolute atomic E-state index is 0.260. The summed E-state index contributed by atoms with van der Waals surface area (Å²) in [6.45, 7) is 6.49. The molecule has 0 aromatic rings. The van der Waals surface area contributed by atoms with Gasteiger partial charge < -0.3 is 0 Å². The molecule has 100 valence electrons. The van der Waals surface area contributed by atoms with Gasteiger partial charge >= 0.3 is 0 Å². The van der Waals surface area contributed by atoms with Crippen LogP contribution in [0.5, 0.6) is 0 Å². The molecule has 0 aromatic carbocycles. The molecular weight excluding hydrogens is 210 g/mol. The van der Waals surface area contributed by atoms with Gasteiger partial charge in [-0.25, -0.2) is 0 Å². The van der Waals surface area contributed by atoms with Crippen molar-refractivity contribution >= 4 is 5.78 Å². The molecule has 0 N–H and O–H groups in total. The third-order valence-corrected chi connectivity index (χ3v) is 5.00. The summed E-state index contributed by atoms with van der Waals surface area (Å²) in [5.74, 6) is 1.65. The monoisotopic (exact) mass is 239 g/mol. The van der Waals surface area contributed by atoms with Gasteiger partial charge in [0, 0.05) is 5.92 Å². The quantitative estimate of drug-likeness (QED) is 0.732. The Labute approximate surface area is 107 Å². The van der Waals surface area contributed by atoms with Gasteiger partial charge in [0.05, 0.1) is 5.54 Å². The molecule has 1 atom stereocenters. The van der Waals surface area contributed by atoms with Gasteiger partial charge in [0.25, 0.3) is 0 Å². The summed E-state index contributed by atoms with van der Waals surface area (Å²) in [5, 5.41) is 0. The maximum Gasteiger partial charge on any atom is 0.155 e. The second kappa shape index (κ2) is 5.99. The SMILES string of the molecule is CCC1CCC(C(=O)C(C)(CC)N(C)C)CC1. The Morgan fingerprint density at radius 1 is 1.18 bits per heavy atom. The lowest BCUT2D eigenvalue weighted by Crippen LogP contribution is -2.51. The molecule has 0 aromatic heterocycles. The van der Waals surface area contributed by atoms with Crippen LogP contribution in [0.25, 0.3) is 0 Å². The van der Waals surface area contributed by atoms with Crippen LogP contribution in [0.4, 0.5) is 0 Å². The number of rotatable bonds is 5. The van der Waals surface area contributed by atoms with Crippen molar-refractivity contribution in [3.8, 4) is 0 Å². The van der Waals surface area contributed by atoms with Gasteiger partial charge in [-0.3, -0.25) is 9.69 Å². The lowest BCUT2D eigenvalue weighted by Gasteiger charge is -2.39. The van der Waals surface area contributed by atoms with Gasteiger partial charge in [-0.1, -0.05) is 20.3 Å². The normalized spacial score (nSPS) is 29.1. The van der Waals surface area contributed by atoms with E-state index in [4.69, 9.17) is 0 Å². The fourth-order valence-corrected chi connectivity index (χ4v) is 2.98. The fourth-order valence-electron chi connectivity index (χ4n) is 2.98. The van der Waals surface area contributed by atoms with E-state index < -0.39 is 0 Å². The van der Waals surface area contributed by atoms with Crippen molar-refractivity contribution in [1.82, 2.24) is 4.90 Å². The van der Waals surface area contributed by atoms with Gasteiger partial charge in [0.2, 0.25) is 0 Å². The topological polar surface area (TPSA) is 20.3 Å². The zero-order chi connectivity index (χ0) is 13.1. The van der Waals surface area contributed by atoms with Gasteiger partial charge in [-0.15, -0.1) is 0 Å². The standard InChI is InChI=1S/C15H29NO/c1-6-12-8-10-13(11-9-12)14(17)15(3,7-2)16(4)5/h12-13H,6-11H2,1-5H3. The van der Waals surface area contributed by atoms with Gasteiger partial charge in [0.1, 0.15) is 0 Å². The van der Waals surface area contributed by atoms with E-state index >= 15 is 0 Å². The molecule has 0 saturated heterocycles. The van der Waals surface area contributed by atoms with E-state index in [1.54, 1.807) is 0 Å². The molecule has 2 nitrogen and oxygen atoms in total. The number of carbonyl (C=O) groups is 1. The zero-order valence-electron chi connectivity index (χ0n) is 12.3. The highest BCUT2D eigenvalue weighted by atomic mass is 16.1. The Morgan fingerprint density at radius 2 is 1.71 bits per heavy atom. The van der Waals surface area contributed by atoms with Crippen LogP contribution in [0, 0.1) is 11.8 Å². The summed E-state index contributed by atoms with van der Waals surface area (Å²) >= 11 is 0. The largest absolute Gasteiger partial charge is 0.297 e. The van der Waals surface area contributed by atoms with E-state index in [1.807, 2.05) is 14.1 Å². The molecule has 1 unspecified atom stereocenters. The Hall–Kier alpha value is -0.370. The summed E-state index contributed by atoms with van der Waals surface area (Å²) in [7, 11) is 4.05. The highest BCUT2D eigenvalue weighted by Crippen LogP contribution is 2.34. The van der Waals surface area contributed by atoms with E-state index in [2.05, 4.69) is 25.7 Å². The van der Waals surface area contributed by atoms with Crippen molar-refractivity contribution in [2.45, 2.75) is 64.8 Å². The number of carbonyl (C=O) groups excluding carboxylic acids is 1. The molecule has 0 aliphatic heterocycles. The first-order valence-electron chi connectivity index (χ1n) is 7.17. The van der Waals surface area contributed by atoms with Crippen molar-refractivity contribution in [2.75, 3.05) is 14.1 Å². The predicted octanol–water partition coefficient (Wildman–Crippen LogP) is 3.50. The van der Waals surface area contributed by atoms with Crippen LogP contribution < -0.4 is 0 Å². The smallest absolute Gasteiger partial charge is 0.155 e. The summed E-state index contributed by atoms with van der Waals surface area (Å²) in [6, 6.07) is 0. The third-order valence-electron chi connectivity index (χ3n) is 5.00. The van der Waals surface area contributed by atoms with Crippen molar-refractivity contribution in [3.63, 3.8) is 0 Å². The summed E-state index contributed by atoms with van der Waals surface area (Å²) in [6.07, 6.45) is 6.91. The van der Waals surface area contributed by atoms with Gasteiger partial charge in [0.15, 0.2) is 5.78 Å². The van der Waals surface area contributed by atoms with Crippen LogP contribution in [0.15, 0.2) is 0 Å². The van der Waals surface area contributed by atoms with Crippen LogP contribution in [0.1, 0.15) is 59.3 Å². The van der Waals surface area contributed by atoms with Crippen LogP contribution in [0.3, 0.4) is 0 Å². The molecule has 0 spiro atoms. The fraction of sp³-hybridized carbons (Fsp3) is 0.933. The Morgan fingerprint density at radius 3 is 2.06 bits per heavy atom. The Bertz CT molecular complexity index is 254. The van der Waals surface area contributed by atoms with Crippen molar-refractivity contribution < 1.29 is 4.79 Å². The first kappa shape index (κ1) is 14.7. The average molecular weight is 239 g/mol. The number of Topliss-reactive ketones (excluding diaryl/α,β-unsaturated/α-hetero) is 1. The average Bonchev–Trinajstić information content (AvgIpc) is 2.36. The second-order valence-electron chi connectivity index (χ2n) is 6.01. The number of likely N-dealkylation sites (N-methyl/N-ethyl adjacent to an activating group) is 1. The maximum atomic E-state index is 12.6. The molecule has 2 heteroatoms. The van der Waals surface area contributed by atoms with E-state index in [9.17, 15) is 4.79 Å². The molecule has 0 radical (unpaired) electrons. The van der Waals surface area contributed by atoms with Gasteiger partial charge in [-0.05, 0) is 59.0 Å². The van der Waals surface area contributed by atoms with Crippen LogP contribution in [0.2, 0.25) is 0 Å². The van der Waals surface area contributed by atoms with E-state index in [0.717, 1.165) is 25.2 Å². The van der Waals surface area contributed by atoms with Crippen LogP contribution in [-0.4, -0.2) is 30.3 Å². The number of nitrogens with zero attached hydrogens (tertiary/aromatic N) is 1. The summed E-state index contributed by atoms with van der Waals surface area (Å²) < 4.78 is 0. The summed E-state index contributed by atoms with van der Waals surface area (Å²) in [4.78, 5) is 14.7. The zero-order valence-corrected chi connectivity index (χ0v) is 12.3. The molecule has 1 aliphatic rings. The Balaban J connectivity index is 2.64. The molecule has 0 heterocycles. The first-order valence-corrected chi connectivity index (χ1v) is 7.17. The molecule has 1 fully saturated rings. The minimum atomic E-state index is -0.260. The number of hydrogen-bond acceptors (Lipinski definition) is 2. The Kier molecular flexibility index (Phi) is 5.18. The molecule has 0 bridgehead atoms. The van der Waals surface area contributed by atoms with E-state index in [0.29, 0.717) is 11.7 Å². The number of ketones is 1. The summed E-state index contributed by atoms with van der Waals surface area (Å²) in [5.41, 5.74) is -0.260. The van der Waals surface area contributed by atoms with Gasteiger partial charge in [-0.2, -0.15) is 0 Å². The first-order chi connectivity index (χ1) is 7.95. The van der Waals surface area contributed by atoms with Crippen LogP contribution in [-0.2, 0) is 4.79 Å². The second-order valence-corrected chi connectivity index (χ2v) is 6.01. The highest BCUT2D eigenvalue weighted by molar-refractivity contribution is 5.90. The lowest BCUT2D eigenvalue weighted by molar-refractivity contribution is -0.134. The molecule has 0 amide bonds. The van der Waals surface area contributed by atoms with E-state index in [-0.39, 0.29) is 5.54 Å².